The lowest BCUT2D eigenvalue weighted by atomic mass is 10.0. The van der Waals surface area contributed by atoms with Crippen molar-refractivity contribution in [1.82, 2.24) is 14.5 Å². The van der Waals surface area contributed by atoms with Gasteiger partial charge in [-0.3, -0.25) is 4.57 Å². The number of amides is 1. The number of nitrogens with zero attached hydrogens (tertiary/aromatic N) is 2. The number of carbonyl (C=O) groups is 1. The number of hydrogen-bond acceptors (Lipinski definition) is 4. The summed E-state index contributed by atoms with van der Waals surface area (Å²) in [4.78, 5) is 25.6. The van der Waals surface area contributed by atoms with E-state index >= 15 is 0 Å². The first-order chi connectivity index (χ1) is 12.7. The fraction of sp³-hybridized carbons (Fsp3) is 0.368. The van der Waals surface area contributed by atoms with E-state index in [0.29, 0.717) is 24.5 Å². The van der Waals surface area contributed by atoms with Gasteiger partial charge in [-0.05, 0) is 37.0 Å². The highest BCUT2D eigenvalue weighted by molar-refractivity contribution is 5.89. The number of aromatic nitrogens is 2. The van der Waals surface area contributed by atoms with Crippen molar-refractivity contribution in [3.05, 3.63) is 58.9 Å². The third kappa shape index (κ3) is 3.17. The minimum atomic E-state index is -0.432. The summed E-state index contributed by atoms with van der Waals surface area (Å²) in [5.74, 6) is 0.384. The lowest BCUT2D eigenvalue weighted by Crippen LogP contribution is -2.37. The van der Waals surface area contributed by atoms with Gasteiger partial charge in [0, 0.05) is 31.9 Å². The van der Waals surface area contributed by atoms with E-state index in [-0.39, 0.29) is 5.69 Å². The van der Waals surface area contributed by atoms with Gasteiger partial charge in [-0.2, -0.15) is 0 Å². The van der Waals surface area contributed by atoms with Crippen molar-refractivity contribution in [3.63, 3.8) is 0 Å². The van der Waals surface area contributed by atoms with E-state index in [1.54, 1.807) is 29.2 Å². The largest absolute Gasteiger partial charge is 0.472 e. The van der Waals surface area contributed by atoms with Gasteiger partial charge >= 0.3 is 11.7 Å². The molecule has 3 aromatic rings. The predicted molar refractivity (Wildman–Crippen MR) is 96.1 cm³/mol. The lowest BCUT2D eigenvalue weighted by Gasteiger charge is -2.22. The molecule has 1 saturated heterocycles. The second kappa shape index (κ2) is 7.21. The number of carbonyl (C=O) groups excluding carboxylic acids is 1. The number of imidazole rings is 1. The molecule has 26 heavy (non-hydrogen) atoms. The van der Waals surface area contributed by atoms with Crippen molar-refractivity contribution >= 4 is 17.1 Å². The molecular weight excluding hydrogens is 334 g/mol. The number of para-hydroxylation sites is 2. The van der Waals surface area contributed by atoms with Gasteiger partial charge in [-0.15, -0.1) is 0 Å². The molecule has 0 spiro atoms. The normalized spacial score (nSPS) is 15.4. The van der Waals surface area contributed by atoms with Crippen LogP contribution >= 0.6 is 0 Å². The predicted octanol–water partition coefficient (Wildman–Crippen LogP) is 2.58. The zero-order valence-corrected chi connectivity index (χ0v) is 14.4. The molecule has 3 heterocycles. The van der Waals surface area contributed by atoms with Gasteiger partial charge in [0.05, 0.1) is 23.6 Å². The minimum Gasteiger partial charge on any atom is -0.472 e. The molecule has 1 fully saturated rings. The molecule has 0 atom stereocenters. The maximum Gasteiger partial charge on any atom is 0.337 e. The standard InChI is InChI=1S/C19H21N3O4/c23-18(20-11-15-7-10-26-13-15)22-17-4-2-1-3-16(17)21(19(22)24)12-14-5-8-25-9-6-14/h1-4,7,10,13-14H,5-6,8-9,11-12H2,(H,20,23). The van der Waals surface area contributed by atoms with Crippen LogP contribution in [0.5, 0.6) is 0 Å². The molecule has 0 unspecified atom stereocenters. The average molecular weight is 355 g/mol. The molecule has 7 nitrogen and oxygen atoms in total. The minimum absolute atomic E-state index is 0.303. The van der Waals surface area contributed by atoms with Crippen molar-refractivity contribution in [3.8, 4) is 0 Å². The fourth-order valence-electron chi connectivity index (χ4n) is 3.42. The Kier molecular flexibility index (Phi) is 4.62. The third-order valence-electron chi connectivity index (χ3n) is 4.84. The topological polar surface area (TPSA) is 78.4 Å². The summed E-state index contributed by atoms with van der Waals surface area (Å²) in [6, 6.07) is 8.75. The van der Waals surface area contributed by atoms with Crippen LogP contribution in [0.15, 0.2) is 52.1 Å². The highest BCUT2D eigenvalue weighted by Crippen LogP contribution is 2.20. The molecule has 1 N–H and O–H groups in total. The van der Waals surface area contributed by atoms with E-state index in [2.05, 4.69) is 5.32 Å². The summed E-state index contributed by atoms with van der Waals surface area (Å²) in [6.07, 6.45) is 4.97. The molecule has 7 heteroatoms. The molecule has 1 aliphatic rings. The second-order valence-corrected chi connectivity index (χ2v) is 6.56. The smallest absolute Gasteiger partial charge is 0.337 e. The molecule has 1 amide bonds. The van der Waals surface area contributed by atoms with Crippen molar-refractivity contribution in [2.45, 2.75) is 25.9 Å². The van der Waals surface area contributed by atoms with Gasteiger partial charge in [-0.1, -0.05) is 12.1 Å². The zero-order valence-electron chi connectivity index (χ0n) is 14.4. The third-order valence-corrected chi connectivity index (χ3v) is 4.84. The first kappa shape index (κ1) is 16.7. The Labute approximate surface area is 150 Å². The summed E-state index contributed by atoms with van der Waals surface area (Å²) >= 11 is 0. The molecule has 4 rings (SSSR count). The molecule has 2 aromatic heterocycles. The summed E-state index contributed by atoms with van der Waals surface area (Å²) < 4.78 is 13.3. The van der Waals surface area contributed by atoms with Crippen molar-refractivity contribution in [2.24, 2.45) is 5.92 Å². The van der Waals surface area contributed by atoms with Gasteiger partial charge in [0.2, 0.25) is 0 Å². The summed E-state index contributed by atoms with van der Waals surface area (Å²) in [7, 11) is 0. The van der Waals surface area contributed by atoms with Crippen LogP contribution in [0.3, 0.4) is 0 Å². The van der Waals surface area contributed by atoms with Crippen molar-refractivity contribution in [1.29, 1.82) is 0 Å². The number of ether oxygens (including phenoxy) is 1. The van der Waals surface area contributed by atoms with Gasteiger partial charge in [0.15, 0.2) is 0 Å². The fourth-order valence-corrected chi connectivity index (χ4v) is 3.42. The van der Waals surface area contributed by atoms with Crippen LogP contribution in [0.1, 0.15) is 18.4 Å². The molecule has 0 radical (unpaired) electrons. The number of nitrogens with one attached hydrogen (secondary N) is 1. The average Bonchev–Trinajstić information content (AvgIpc) is 3.28. The van der Waals surface area contributed by atoms with E-state index in [4.69, 9.17) is 9.15 Å². The van der Waals surface area contributed by atoms with Crippen LogP contribution in [0, 0.1) is 5.92 Å². The molecule has 0 bridgehead atoms. The first-order valence-electron chi connectivity index (χ1n) is 8.81. The summed E-state index contributed by atoms with van der Waals surface area (Å²) in [5.41, 5.74) is 1.94. The van der Waals surface area contributed by atoms with Crippen LogP contribution in [-0.4, -0.2) is 28.4 Å². The SMILES string of the molecule is O=C(NCc1ccoc1)n1c(=O)n(CC2CCOCC2)c2ccccc21. The van der Waals surface area contributed by atoms with Crippen molar-refractivity contribution in [2.75, 3.05) is 13.2 Å². The number of hydrogen-bond donors (Lipinski definition) is 1. The van der Waals surface area contributed by atoms with E-state index in [9.17, 15) is 9.59 Å². The Balaban J connectivity index is 1.64. The maximum absolute atomic E-state index is 13.0. The Morgan fingerprint density at radius 3 is 2.65 bits per heavy atom. The van der Waals surface area contributed by atoms with Gasteiger partial charge < -0.3 is 14.5 Å². The Morgan fingerprint density at radius 2 is 1.92 bits per heavy atom. The van der Waals surface area contributed by atoms with Crippen LogP contribution < -0.4 is 11.0 Å². The zero-order chi connectivity index (χ0) is 17.9. The molecule has 1 aliphatic heterocycles. The van der Waals surface area contributed by atoms with Crippen LogP contribution in [-0.2, 0) is 17.8 Å². The van der Waals surface area contributed by atoms with E-state index in [1.165, 1.54) is 4.57 Å². The van der Waals surface area contributed by atoms with E-state index < -0.39 is 6.03 Å². The van der Waals surface area contributed by atoms with Crippen LogP contribution in [0.4, 0.5) is 4.79 Å². The van der Waals surface area contributed by atoms with Crippen molar-refractivity contribution < 1.29 is 13.9 Å². The number of rotatable bonds is 4. The number of benzene rings is 1. The van der Waals surface area contributed by atoms with E-state index in [1.807, 2.05) is 18.2 Å². The maximum atomic E-state index is 13.0. The lowest BCUT2D eigenvalue weighted by molar-refractivity contribution is 0.0613. The highest BCUT2D eigenvalue weighted by Gasteiger charge is 2.21. The van der Waals surface area contributed by atoms with Gasteiger partial charge in [0.25, 0.3) is 0 Å². The van der Waals surface area contributed by atoms with Gasteiger partial charge in [-0.25, -0.2) is 14.2 Å². The second-order valence-electron chi connectivity index (χ2n) is 6.56. The summed E-state index contributed by atoms with van der Waals surface area (Å²) in [6.45, 7) is 2.36. The van der Waals surface area contributed by atoms with Crippen LogP contribution in [0.2, 0.25) is 0 Å². The van der Waals surface area contributed by atoms with Gasteiger partial charge in [0.1, 0.15) is 0 Å². The molecule has 0 aliphatic carbocycles. The quantitative estimate of drug-likeness (QED) is 0.780. The Hall–Kier alpha value is -2.80. The monoisotopic (exact) mass is 355 g/mol. The summed E-state index contributed by atoms with van der Waals surface area (Å²) in [5, 5.41) is 2.78. The molecule has 1 aromatic carbocycles. The first-order valence-corrected chi connectivity index (χ1v) is 8.81. The highest BCUT2D eigenvalue weighted by atomic mass is 16.5. The molecule has 0 saturated carbocycles. The van der Waals surface area contributed by atoms with E-state index in [0.717, 1.165) is 37.1 Å². The number of furan rings is 1. The molecular formula is C19H21N3O4. The Bertz CT molecular complexity index is 949. The van der Waals surface area contributed by atoms with Crippen LogP contribution in [0.25, 0.3) is 11.0 Å². The Morgan fingerprint density at radius 1 is 1.15 bits per heavy atom. The molecule has 136 valence electrons. The number of fused-ring (bicyclic) bond motifs is 1.